The molecule has 1 atom stereocenters. The van der Waals surface area contributed by atoms with Crippen molar-refractivity contribution < 1.29 is 19.0 Å². The second-order valence-electron chi connectivity index (χ2n) is 5.30. The van der Waals surface area contributed by atoms with E-state index in [9.17, 15) is 4.79 Å². The Morgan fingerprint density at radius 3 is 2.44 bits per heavy atom. The van der Waals surface area contributed by atoms with Crippen LogP contribution in [0.15, 0.2) is 42.5 Å². The van der Waals surface area contributed by atoms with E-state index >= 15 is 0 Å². The maximum atomic E-state index is 12.2. The molecule has 2 rings (SSSR count). The number of nitriles is 1. The Morgan fingerprint density at radius 1 is 1.12 bits per heavy atom. The van der Waals surface area contributed by atoms with E-state index in [-0.39, 0.29) is 5.91 Å². The van der Waals surface area contributed by atoms with Crippen LogP contribution in [0.25, 0.3) is 0 Å². The van der Waals surface area contributed by atoms with Gasteiger partial charge in [0, 0.05) is 12.6 Å². The van der Waals surface area contributed by atoms with Gasteiger partial charge in [-0.15, -0.1) is 0 Å². The summed E-state index contributed by atoms with van der Waals surface area (Å²) in [4.78, 5) is 12.2. The predicted molar refractivity (Wildman–Crippen MR) is 92.6 cm³/mol. The van der Waals surface area contributed by atoms with Crippen LogP contribution in [0.2, 0.25) is 0 Å². The molecule has 0 saturated carbocycles. The third-order valence-electron chi connectivity index (χ3n) is 3.59. The topological polar surface area (TPSA) is 80.6 Å². The minimum absolute atomic E-state index is 0.248. The molecule has 1 N–H and O–H groups in total. The molecule has 6 heteroatoms. The summed E-state index contributed by atoms with van der Waals surface area (Å²) in [6.07, 6.45) is -0.708. The Hall–Kier alpha value is -3.20. The molecule has 0 radical (unpaired) electrons. The molecule has 130 valence electrons. The number of nitrogens with one attached hydrogen (secondary N) is 1. The van der Waals surface area contributed by atoms with E-state index in [0.29, 0.717) is 23.6 Å². The van der Waals surface area contributed by atoms with Crippen LogP contribution < -0.4 is 19.5 Å². The normalized spacial score (nSPS) is 11.1. The van der Waals surface area contributed by atoms with Crippen LogP contribution in [0.3, 0.4) is 0 Å². The minimum Gasteiger partial charge on any atom is -0.497 e. The van der Waals surface area contributed by atoms with Crippen molar-refractivity contribution in [3.63, 3.8) is 0 Å². The molecular formula is C19H20N2O4. The number of hydrogen-bond acceptors (Lipinski definition) is 5. The SMILES string of the molecule is COc1ccc(CNC(=O)[C@@H](C)Oc2ccc(C#N)cc2OC)cc1. The van der Waals surface area contributed by atoms with Crippen molar-refractivity contribution in [2.24, 2.45) is 0 Å². The highest BCUT2D eigenvalue weighted by Crippen LogP contribution is 2.28. The Bertz CT molecular complexity index is 766. The smallest absolute Gasteiger partial charge is 0.261 e. The Morgan fingerprint density at radius 2 is 1.84 bits per heavy atom. The number of methoxy groups -OCH3 is 2. The molecule has 0 aliphatic carbocycles. The summed E-state index contributed by atoms with van der Waals surface area (Å²) in [6, 6.07) is 14.3. The molecule has 0 unspecified atom stereocenters. The van der Waals surface area contributed by atoms with Crippen molar-refractivity contribution in [3.8, 4) is 23.3 Å². The summed E-state index contributed by atoms with van der Waals surface area (Å²) < 4.78 is 16.0. The molecule has 0 heterocycles. The average Bonchev–Trinajstić information content (AvgIpc) is 2.66. The van der Waals surface area contributed by atoms with Gasteiger partial charge in [0.2, 0.25) is 0 Å². The highest BCUT2D eigenvalue weighted by atomic mass is 16.5. The zero-order chi connectivity index (χ0) is 18.2. The summed E-state index contributed by atoms with van der Waals surface area (Å²) in [6.45, 7) is 2.04. The van der Waals surface area contributed by atoms with Crippen molar-refractivity contribution in [1.29, 1.82) is 5.26 Å². The van der Waals surface area contributed by atoms with Crippen molar-refractivity contribution in [2.45, 2.75) is 19.6 Å². The monoisotopic (exact) mass is 340 g/mol. The van der Waals surface area contributed by atoms with E-state index in [1.54, 1.807) is 32.2 Å². The first-order chi connectivity index (χ1) is 12.1. The van der Waals surface area contributed by atoms with Crippen LogP contribution in [0.5, 0.6) is 17.2 Å². The van der Waals surface area contributed by atoms with Crippen LogP contribution in [0, 0.1) is 11.3 Å². The predicted octanol–water partition coefficient (Wildman–Crippen LogP) is 2.66. The molecule has 0 bridgehead atoms. The van der Waals surface area contributed by atoms with E-state index in [4.69, 9.17) is 19.5 Å². The van der Waals surface area contributed by atoms with Gasteiger partial charge in [-0.05, 0) is 36.8 Å². The number of carbonyl (C=O) groups is 1. The van der Waals surface area contributed by atoms with Crippen molar-refractivity contribution >= 4 is 5.91 Å². The van der Waals surface area contributed by atoms with Crippen LogP contribution in [0.4, 0.5) is 0 Å². The first-order valence-electron chi connectivity index (χ1n) is 7.72. The summed E-state index contributed by atoms with van der Waals surface area (Å²) in [5.41, 5.74) is 1.41. The van der Waals surface area contributed by atoms with Gasteiger partial charge in [-0.3, -0.25) is 4.79 Å². The number of nitrogens with zero attached hydrogens (tertiary/aromatic N) is 1. The van der Waals surface area contributed by atoms with Gasteiger partial charge in [-0.2, -0.15) is 5.26 Å². The minimum atomic E-state index is -0.708. The van der Waals surface area contributed by atoms with E-state index < -0.39 is 6.10 Å². The molecule has 0 aliphatic rings. The second-order valence-corrected chi connectivity index (χ2v) is 5.30. The number of ether oxygens (including phenoxy) is 3. The van der Waals surface area contributed by atoms with Gasteiger partial charge in [-0.25, -0.2) is 0 Å². The highest BCUT2D eigenvalue weighted by molar-refractivity contribution is 5.80. The molecule has 6 nitrogen and oxygen atoms in total. The van der Waals surface area contributed by atoms with Crippen LogP contribution in [-0.4, -0.2) is 26.2 Å². The first kappa shape index (κ1) is 18.1. The van der Waals surface area contributed by atoms with Crippen molar-refractivity contribution in [3.05, 3.63) is 53.6 Å². The number of hydrogen-bond donors (Lipinski definition) is 1. The van der Waals surface area contributed by atoms with Gasteiger partial charge in [0.1, 0.15) is 5.75 Å². The molecule has 0 aliphatic heterocycles. The molecule has 2 aromatic carbocycles. The maximum Gasteiger partial charge on any atom is 0.261 e. The molecule has 0 saturated heterocycles. The molecular weight excluding hydrogens is 320 g/mol. The highest BCUT2D eigenvalue weighted by Gasteiger charge is 2.17. The fourth-order valence-corrected chi connectivity index (χ4v) is 2.15. The van der Waals surface area contributed by atoms with Gasteiger partial charge in [0.25, 0.3) is 5.91 Å². The van der Waals surface area contributed by atoms with Crippen molar-refractivity contribution in [2.75, 3.05) is 14.2 Å². The molecule has 1 amide bonds. The Kier molecular flexibility index (Phi) is 6.24. The number of amides is 1. The van der Waals surface area contributed by atoms with E-state index in [2.05, 4.69) is 5.32 Å². The van der Waals surface area contributed by atoms with Gasteiger partial charge >= 0.3 is 0 Å². The molecule has 2 aromatic rings. The van der Waals surface area contributed by atoms with Gasteiger partial charge < -0.3 is 19.5 Å². The summed E-state index contributed by atoms with van der Waals surface area (Å²) in [5, 5.41) is 11.7. The third-order valence-corrected chi connectivity index (χ3v) is 3.59. The Balaban J connectivity index is 1.94. The van der Waals surface area contributed by atoms with E-state index in [1.165, 1.54) is 7.11 Å². The standard InChI is InChI=1S/C19H20N2O4/c1-13(25-17-9-6-15(11-20)10-18(17)24-3)19(22)21-12-14-4-7-16(23-2)8-5-14/h4-10,13H,12H2,1-3H3,(H,21,22)/t13-/m1/s1. The third kappa shape index (κ3) is 4.88. The lowest BCUT2D eigenvalue weighted by molar-refractivity contribution is -0.127. The number of carbonyl (C=O) groups excluding carboxylic acids is 1. The largest absolute Gasteiger partial charge is 0.497 e. The zero-order valence-electron chi connectivity index (χ0n) is 14.4. The summed E-state index contributed by atoms with van der Waals surface area (Å²) in [5.74, 6) is 1.34. The first-order valence-corrected chi connectivity index (χ1v) is 7.72. The summed E-state index contributed by atoms with van der Waals surface area (Å²) >= 11 is 0. The molecule has 0 fully saturated rings. The average molecular weight is 340 g/mol. The van der Waals surface area contributed by atoms with E-state index in [1.807, 2.05) is 30.3 Å². The summed E-state index contributed by atoms with van der Waals surface area (Å²) in [7, 11) is 3.09. The lowest BCUT2D eigenvalue weighted by Gasteiger charge is -2.17. The number of benzene rings is 2. The molecule has 0 spiro atoms. The van der Waals surface area contributed by atoms with Crippen molar-refractivity contribution in [1.82, 2.24) is 5.32 Å². The molecule has 25 heavy (non-hydrogen) atoms. The Labute approximate surface area is 146 Å². The zero-order valence-corrected chi connectivity index (χ0v) is 14.4. The molecule has 0 aromatic heterocycles. The van der Waals surface area contributed by atoms with Crippen LogP contribution >= 0.6 is 0 Å². The van der Waals surface area contributed by atoms with Crippen LogP contribution in [-0.2, 0) is 11.3 Å². The fraction of sp³-hybridized carbons (Fsp3) is 0.263. The van der Waals surface area contributed by atoms with Crippen LogP contribution in [0.1, 0.15) is 18.1 Å². The second kappa shape index (κ2) is 8.60. The van der Waals surface area contributed by atoms with Gasteiger partial charge in [0.05, 0.1) is 25.9 Å². The van der Waals surface area contributed by atoms with Gasteiger partial charge in [0.15, 0.2) is 17.6 Å². The number of rotatable bonds is 7. The van der Waals surface area contributed by atoms with E-state index in [0.717, 1.165) is 11.3 Å². The maximum absolute atomic E-state index is 12.2. The van der Waals surface area contributed by atoms with Gasteiger partial charge in [-0.1, -0.05) is 12.1 Å². The fourth-order valence-electron chi connectivity index (χ4n) is 2.15. The quantitative estimate of drug-likeness (QED) is 0.838. The lowest BCUT2D eigenvalue weighted by atomic mass is 10.2. The lowest BCUT2D eigenvalue weighted by Crippen LogP contribution is -2.35.